The molecular formula is C25H27F3N6O2. The van der Waals surface area contributed by atoms with E-state index in [4.69, 9.17) is 9.47 Å². The minimum Gasteiger partial charge on any atom is -0.481 e. The maximum atomic E-state index is 14.6. The summed E-state index contributed by atoms with van der Waals surface area (Å²) in [5.74, 6) is -1.77. The summed E-state index contributed by atoms with van der Waals surface area (Å²) in [6.45, 7) is 2.65. The third-order valence-corrected chi connectivity index (χ3v) is 7.50. The topological polar surface area (TPSA) is 77.3 Å². The number of hydrogen-bond acceptors (Lipinski definition) is 7. The molecule has 1 aromatic carbocycles. The third kappa shape index (κ3) is 4.04. The monoisotopic (exact) mass is 500 g/mol. The largest absolute Gasteiger partial charge is 0.481 e. The Morgan fingerprint density at radius 2 is 1.89 bits per heavy atom. The molecule has 3 aliphatic rings. The van der Waals surface area contributed by atoms with Gasteiger partial charge in [-0.1, -0.05) is 0 Å². The number of hydrogen-bond donors (Lipinski definition) is 1. The lowest BCUT2D eigenvalue weighted by Gasteiger charge is -2.39. The van der Waals surface area contributed by atoms with E-state index in [0.717, 1.165) is 37.7 Å². The van der Waals surface area contributed by atoms with E-state index in [1.807, 2.05) is 12.1 Å². The number of fused-ring (bicyclic) bond motifs is 3. The van der Waals surface area contributed by atoms with Crippen LogP contribution in [0.2, 0.25) is 0 Å². The fraction of sp³-hybridized carbons (Fsp3) is 0.480. The molecule has 36 heavy (non-hydrogen) atoms. The number of ether oxygens (including phenoxy) is 2. The zero-order chi connectivity index (χ0) is 24.8. The predicted molar refractivity (Wildman–Crippen MR) is 125 cm³/mol. The molecule has 2 fully saturated rings. The lowest BCUT2D eigenvalue weighted by Crippen LogP contribution is -2.48. The van der Waals surface area contributed by atoms with Crippen LogP contribution < -0.4 is 15.0 Å². The van der Waals surface area contributed by atoms with Gasteiger partial charge in [-0.3, -0.25) is 0 Å². The number of halogens is 3. The number of rotatable bonds is 5. The Hall–Kier alpha value is -3.34. The number of benzene rings is 1. The average molecular weight is 501 g/mol. The van der Waals surface area contributed by atoms with Gasteiger partial charge in [0.05, 0.1) is 7.11 Å². The molecule has 1 saturated heterocycles. The smallest absolute Gasteiger partial charge is 0.242 e. The van der Waals surface area contributed by atoms with Crippen molar-refractivity contribution in [1.82, 2.24) is 19.7 Å². The van der Waals surface area contributed by atoms with E-state index in [1.165, 1.54) is 6.07 Å². The SMILES string of the molecule is COc1cc(N2C[C@H]3CC[C@H](C2)C3Nc2nc3n(n2)CCCO[C@@H]3c2ccc(F)c(F)c2F)ccn1. The molecule has 11 heteroatoms. The van der Waals surface area contributed by atoms with E-state index >= 15 is 0 Å². The second-order valence-electron chi connectivity index (χ2n) is 9.61. The summed E-state index contributed by atoms with van der Waals surface area (Å²) in [6, 6.07) is 6.28. The number of methoxy groups -OCH3 is 1. The van der Waals surface area contributed by atoms with Crippen molar-refractivity contribution in [2.24, 2.45) is 11.8 Å². The molecule has 3 atom stereocenters. The molecule has 4 heterocycles. The van der Waals surface area contributed by atoms with Crippen LogP contribution in [0.25, 0.3) is 0 Å². The summed E-state index contributed by atoms with van der Waals surface area (Å²) >= 11 is 0. The molecule has 1 N–H and O–H groups in total. The number of nitrogens with one attached hydrogen (secondary N) is 1. The van der Waals surface area contributed by atoms with Crippen LogP contribution in [-0.4, -0.2) is 52.6 Å². The van der Waals surface area contributed by atoms with Gasteiger partial charge in [0, 0.05) is 55.8 Å². The summed E-state index contributed by atoms with van der Waals surface area (Å²) in [5, 5.41) is 8.16. The molecule has 2 aliphatic heterocycles. The van der Waals surface area contributed by atoms with Crippen molar-refractivity contribution in [3.8, 4) is 5.88 Å². The van der Waals surface area contributed by atoms with Crippen molar-refractivity contribution in [2.45, 2.75) is 38.0 Å². The Morgan fingerprint density at radius 1 is 1.08 bits per heavy atom. The maximum absolute atomic E-state index is 14.6. The first-order valence-corrected chi connectivity index (χ1v) is 12.2. The summed E-state index contributed by atoms with van der Waals surface area (Å²) in [7, 11) is 1.61. The first kappa shape index (κ1) is 23.1. The van der Waals surface area contributed by atoms with E-state index in [0.29, 0.717) is 49.1 Å². The van der Waals surface area contributed by atoms with Crippen molar-refractivity contribution in [3.63, 3.8) is 0 Å². The Labute approximate surface area is 206 Å². The molecule has 0 unspecified atom stereocenters. The number of aryl methyl sites for hydroxylation is 1. The van der Waals surface area contributed by atoms with Crippen LogP contribution in [0.3, 0.4) is 0 Å². The van der Waals surface area contributed by atoms with Gasteiger partial charge in [-0.2, -0.15) is 4.98 Å². The third-order valence-electron chi connectivity index (χ3n) is 7.50. The highest BCUT2D eigenvalue weighted by atomic mass is 19.2. The van der Waals surface area contributed by atoms with E-state index in [2.05, 4.69) is 25.3 Å². The predicted octanol–water partition coefficient (Wildman–Crippen LogP) is 3.94. The van der Waals surface area contributed by atoms with Crippen molar-refractivity contribution in [2.75, 3.05) is 37.0 Å². The molecule has 3 aromatic rings. The van der Waals surface area contributed by atoms with Crippen LogP contribution in [0.5, 0.6) is 5.88 Å². The standard InChI is InChI=1S/C25H27F3N6O2/c1-35-19-11-16(7-8-29-19)33-12-14-3-4-15(13-33)22(14)30-25-31-24-23(36-10-2-9-34(24)32-25)17-5-6-18(26)21(28)20(17)27/h5-8,11,14-15,22-23H,2-4,9-10,12-13H2,1H3,(H,30,32)/t14-,15-,23-/m1/s1. The van der Waals surface area contributed by atoms with Gasteiger partial charge in [0.2, 0.25) is 11.8 Å². The van der Waals surface area contributed by atoms with Crippen molar-refractivity contribution in [3.05, 3.63) is 59.3 Å². The molecule has 190 valence electrons. The molecule has 2 bridgehead atoms. The van der Waals surface area contributed by atoms with E-state index in [-0.39, 0.29) is 11.6 Å². The highest BCUT2D eigenvalue weighted by Crippen LogP contribution is 2.40. The molecule has 2 aromatic heterocycles. The Bertz CT molecular complexity index is 1260. The lowest BCUT2D eigenvalue weighted by molar-refractivity contribution is 0.0780. The van der Waals surface area contributed by atoms with E-state index < -0.39 is 23.6 Å². The Morgan fingerprint density at radius 3 is 2.67 bits per heavy atom. The van der Waals surface area contributed by atoms with Gasteiger partial charge >= 0.3 is 0 Å². The first-order valence-electron chi connectivity index (χ1n) is 12.2. The summed E-state index contributed by atoms with van der Waals surface area (Å²) < 4.78 is 54.9. The minimum absolute atomic E-state index is 0.0860. The molecular weight excluding hydrogens is 473 g/mol. The number of anilines is 2. The van der Waals surface area contributed by atoms with Crippen LogP contribution in [0.15, 0.2) is 30.5 Å². The quantitative estimate of drug-likeness (QED) is 0.532. The maximum Gasteiger partial charge on any atom is 0.242 e. The van der Waals surface area contributed by atoms with Crippen LogP contribution in [0, 0.1) is 29.3 Å². The van der Waals surface area contributed by atoms with Crippen LogP contribution in [0.1, 0.15) is 36.8 Å². The fourth-order valence-corrected chi connectivity index (χ4v) is 5.76. The first-order chi connectivity index (χ1) is 17.5. The minimum atomic E-state index is -1.51. The van der Waals surface area contributed by atoms with Gasteiger partial charge in [0.1, 0.15) is 6.10 Å². The summed E-state index contributed by atoms with van der Waals surface area (Å²) in [4.78, 5) is 11.2. The Kier molecular flexibility index (Phi) is 5.94. The van der Waals surface area contributed by atoms with Crippen molar-refractivity contribution >= 4 is 11.6 Å². The zero-order valence-corrected chi connectivity index (χ0v) is 19.8. The number of nitrogens with zero attached hydrogens (tertiary/aromatic N) is 5. The second kappa shape index (κ2) is 9.27. The molecule has 1 aliphatic carbocycles. The van der Waals surface area contributed by atoms with Gasteiger partial charge in [-0.15, -0.1) is 5.10 Å². The zero-order valence-electron chi connectivity index (χ0n) is 19.8. The molecule has 6 rings (SSSR count). The van der Waals surface area contributed by atoms with Crippen LogP contribution in [0.4, 0.5) is 24.8 Å². The highest BCUT2D eigenvalue weighted by molar-refractivity contribution is 5.49. The average Bonchev–Trinajstić information content (AvgIpc) is 3.30. The summed E-state index contributed by atoms with van der Waals surface area (Å²) in [5.41, 5.74) is 1.01. The van der Waals surface area contributed by atoms with Crippen molar-refractivity contribution < 1.29 is 22.6 Å². The van der Waals surface area contributed by atoms with Gasteiger partial charge in [0.25, 0.3) is 0 Å². The lowest BCUT2D eigenvalue weighted by atomic mass is 9.92. The van der Waals surface area contributed by atoms with E-state index in [9.17, 15) is 13.2 Å². The number of piperidine rings is 1. The van der Waals surface area contributed by atoms with Crippen molar-refractivity contribution in [1.29, 1.82) is 0 Å². The van der Waals surface area contributed by atoms with Crippen LogP contribution >= 0.6 is 0 Å². The molecule has 0 radical (unpaired) electrons. The molecule has 0 amide bonds. The molecule has 8 nitrogen and oxygen atoms in total. The van der Waals surface area contributed by atoms with Gasteiger partial charge in [0.15, 0.2) is 23.3 Å². The Balaban J connectivity index is 1.23. The van der Waals surface area contributed by atoms with Crippen LogP contribution in [-0.2, 0) is 11.3 Å². The van der Waals surface area contributed by atoms with Gasteiger partial charge in [-0.05, 0) is 49.3 Å². The molecule has 1 saturated carbocycles. The summed E-state index contributed by atoms with van der Waals surface area (Å²) in [6.07, 6.45) is 3.64. The fourth-order valence-electron chi connectivity index (χ4n) is 5.76. The van der Waals surface area contributed by atoms with Gasteiger partial charge < -0.3 is 19.7 Å². The normalized spacial score (nSPS) is 25.4. The van der Waals surface area contributed by atoms with Gasteiger partial charge in [-0.25, -0.2) is 22.8 Å². The highest BCUT2D eigenvalue weighted by Gasteiger charge is 2.43. The van der Waals surface area contributed by atoms with E-state index in [1.54, 1.807) is 18.0 Å². The number of aromatic nitrogens is 4. The number of pyridine rings is 1. The molecule has 0 spiro atoms. The second-order valence-corrected chi connectivity index (χ2v) is 9.61.